The first-order valence-corrected chi connectivity index (χ1v) is 14.8. The molecule has 1 aliphatic carbocycles. The average Bonchev–Trinajstić information content (AvgIpc) is 3.32. The zero-order valence-corrected chi connectivity index (χ0v) is 26.0. The number of furan rings is 1. The number of rotatable bonds is 3. The Morgan fingerprint density at radius 3 is 2.05 bits per heavy atom. The van der Waals surface area contributed by atoms with Crippen LogP contribution in [0.5, 0.6) is 0 Å². The molecule has 206 valence electrons. The highest BCUT2D eigenvalue weighted by molar-refractivity contribution is 6.11. The van der Waals surface area contributed by atoms with E-state index in [9.17, 15) is 0 Å². The van der Waals surface area contributed by atoms with E-state index in [4.69, 9.17) is 4.42 Å². The molecule has 5 aromatic rings. The summed E-state index contributed by atoms with van der Waals surface area (Å²) < 4.78 is 9.15. The SMILES string of the molecule is Cc1cc(-c2c(C)ccc3c2oc2cc4c(cc23)-c2ccccc2C4(CC(C)(C)C)CC(C)(C)C)[n+](C)cc1C. The van der Waals surface area contributed by atoms with E-state index in [-0.39, 0.29) is 16.2 Å². The Kier molecular flexibility index (Phi) is 5.90. The number of hydrogen-bond acceptors (Lipinski definition) is 1. The van der Waals surface area contributed by atoms with Gasteiger partial charge in [0.15, 0.2) is 6.20 Å². The monoisotopic (exact) mass is 530 g/mol. The summed E-state index contributed by atoms with van der Waals surface area (Å²) in [6, 6.07) is 20.8. The highest BCUT2D eigenvalue weighted by Crippen LogP contribution is 2.59. The van der Waals surface area contributed by atoms with Crippen LogP contribution in [0.1, 0.15) is 82.2 Å². The summed E-state index contributed by atoms with van der Waals surface area (Å²) in [6.07, 6.45) is 4.41. The van der Waals surface area contributed by atoms with Crippen LogP contribution in [-0.2, 0) is 12.5 Å². The molecule has 0 unspecified atom stereocenters. The highest BCUT2D eigenvalue weighted by atomic mass is 16.3. The highest BCUT2D eigenvalue weighted by Gasteiger charge is 2.47. The van der Waals surface area contributed by atoms with Crippen molar-refractivity contribution in [2.75, 3.05) is 0 Å². The van der Waals surface area contributed by atoms with Gasteiger partial charge in [0, 0.05) is 27.8 Å². The summed E-state index contributed by atoms with van der Waals surface area (Å²) in [6.45, 7) is 20.9. The van der Waals surface area contributed by atoms with Gasteiger partial charge in [-0.2, -0.15) is 0 Å². The Hall–Kier alpha value is -3.39. The molecule has 0 atom stereocenters. The van der Waals surface area contributed by atoms with Crippen LogP contribution in [0, 0.1) is 31.6 Å². The van der Waals surface area contributed by atoms with E-state index in [0.717, 1.165) is 24.0 Å². The lowest BCUT2D eigenvalue weighted by molar-refractivity contribution is -0.660. The zero-order chi connectivity index (χ0) is 28.8. The predicted molar refractivity (Wildman–Crippen MR) is 169 cm³/mol. The lowest BCUT2D eigenvalue weighted by Gasteiger charge is -2.42. The maximum absolute atomic E-state index is 6.91. The number of pyridine rings is 1. The summed E-state index contributed by atoms with van der Waals surface area (Å²) in [4.78, 5) is 0. The average molecular weight is 531 g/mol. The number of benzene rings is 3. The van der Waals surface area contributed by atoms with Crippen molar-refractivity contribution in [3.8, 4) is 22.4 Å². The van der Waals surface area contributed by atoms with Crippen LogP contribution < -0.4 is 4.57 Å². The number of aromatic nitrogens is 1. The molecule has 40 heavy (non-hydrogen) atoms. The lowest BCUT2D eigenvalue weighted by Crippen LogP contribution is -2.35. The van der Waals surface area contributed by atoms with Crippen molar-refractivity contribution in [3.63, 3.8) is 0 Å². The topological polar surface area (TPSA) is 17.0 Å². The molecule has 3 aromatic carbocycles. The van der Waals surface area contributed by atoms with Gasteiger partial charge >= 0.3 is 0 Å². The first-order valence-electron chi connectivity index (χ1n) is 14.8. The number of fused-ring (bicyclic) bond motifs is 6. The van der Waals surface area contributed by atoms with Gasteiger partial charge in [-0.3, -0.25) is 0 Å². The van der Waals surface area contributed by atoms with Crippen molar-refractivity contribution < 1.29 is 8.98 Å². The fraction of sp³-hybridized carbons (Fsp3) is 0.395. The van der Waals surface area contributed by atoms with E-state index in [1.54, 1.807) is 0 Å². The number of aryl methyl sites for hydroxylation is 4. The molecule has 0 N–H and O–H groups in total. The first kappa shape index (κ1) is 26.8. The molecule has 6 rings (SSSR count). The third kappa shape index (κ3) is 4.19. The normalized spacial score (nSPS) is 14.7. The second-order valence-corrected chi connectivity index (χ2v) is 14.9. The molecule has 2 heterocycles. The Labute approximate surface area is 240 Å². The van der Waals surface area contributed by atoms with Gasteiger partial charge in [-0.1, -0.05) is 77.9 Å². The fourth-order valence-electron chi connectivity index (χ4n) is 7.59. The van der Waals surface area contributed by atoms with E-state index in [1.165, 1.54) is 61.0 Å². The van der Waals surface area contributed by atoms with Crippen molar-refractivity contribution in [2.24, 2.45) is 17.9 Å². The molecule has 0 spiro atoms. The van der Waals surface area contributed by atoms with Crippen molar-refractivity contribution in [1.82, 2.24) is 0 Å². The summed E-state index contributed by atoms with van der Waals surface area (Å²) >= 11 is 0. The molecule has 2 nitrogen and oxygen atoms in total. The molecular weight excluding hydrogens is 486 g/mol. The molecule has 0 amide bonds. The van der Waals surface area contributed by atoms with Crippen molar-refractivity contribution >= 4 is 21.9 Å². The van der Waals surface area contributed by atoms with Crippen molar-refractivity contribution in [3.05, 3.63) is 88.6 Å². The van der Waals surface area contributed by atoms with E-state index in [2.05, 4.69) is 135 Å². The van der Waals surface area contributed by atoms with E-state index in [1.807, 2.05) is 0 Å². The molecule has 0 radical (unpaired) electrons. The van der Waals surface area contributed by atoms with Crippen molar-refractivity contribution in [2.45, 2.75) is 80.6 Å². The van der Waals surface area contributed by atoms with Gasteiger partial charge in [0.1, 0.15) is 18.2 Å². The molecular formula is C38H44NO+. The minimum Gasteiger partial charge on any atom is -0.455 e. The summed E-state index contributed by atoms with van der Waals surface area (Å²) in [5.74, 6) is 0. The largest absolute Gasteiger partial charge is 0.455 e. The minimum absolute atomic E-state index is 0.0607. The molecule has 0 saturated carbocycles. The third-order valence-electron chi connectivity index (χ3n) is 8.90. The Bertz CT molecular complexity index is 1790. The minimum atomic E-state index is -0.0607. The standard InChI is InChI=1S/C38H44NO/c1-23-15-16-27-29-18-28-26-13-11-12-14-30(26)38(21-36(4,5)6,22-37(7,8)9)31(28)19-33(29)40-35(27)34(23)32-17-24(2)25(3)20-39(32)10/h11-20H,21-22H2,1-10H3/q+1. The van der Waals surface area contributed by atoms with Gasteiger partial charge < -0.3 is 4.42 Å². The molecule has 2 heteroatoms. The Morgan fingerprint density at radius 2 is 1.38 bits per heavy atom. The fourth-order valence-corrected chi connectivity index (χ4v) is 7.59. The summed E-state index contributed by atoms with van der Waals surface area (Å²) in [5.41, 5.74) is 14.1. The second-order valence-electron chi connectivity index (χ2n) is 14.9. The summed E-state index contributed by atoms with van der Waals surface area (Å²) in [7, 11) is 2.14. The molecule has 0 saturated heterocycles. The molecule has 0 fully saturated rings. The molecule has 0 bridgehead atoms. The smallest absolute Gasteiger partial charge is 0.216 e. The van der Waals surface area contributed by atoms with E-state index < -0.39 is 0 Å². The van der Waals surface area contributed by atoms with Gasteiger partial charge in [0.2, 0.25) is 5.69 Å². The van der Waals surface area contributed by atoms with Gasteiger partial charge in [-0.15, -0.1) is 0 Å². The van der Waals surface area contributed by atoms with Crippen LogP contribution >= 0.6 is 0 Å². The van der Waals surface area contributed by atoms with Crippen LogP contribution in [0.3, 0.4) is 0 Å². The Morgan fingerprint density at radius 1 is 0.700 bits per heavy atom. The van der Waals surface area contributed by atoms with Gasteiger partial charge in [-0.25, -0.2) is 4.57 Å². The maximum atomic E-state index is 6.91. The van der Waals surface area contributed by atoms with Gasteiger partial charge in [0.25, 0.3) is 0 Å². The van der Waals surface area contributed by atoms with Crippen molar-refractivity contribution in [1.29, 1.82) is 0 Å². The first-order chi connectivity index (χ1) is 18.7. The van der Waals surface area contributed by atoms with Gasteiger partial charge in [-0.05, 0) is 90.0 Å². The van der Waals surface area contributed by atoms with Crippen LogP contribution in [0.4, 0.5) is 0 Å². The Balaban J connectivity index is 1.69. The van der Waals surface area contributed by atoms with Crippen LogP contribution in [0.25, 0.3) is 44.3 Å². The van der Waals surface area contributed by atoms with Crippen LogP contribution in [0.2, 0.25) is 0 Å². The van der Waals surface area contributed by atoms with Crippen LogP contribution in [-0.4, -0.2) is 0 Å². The third-order valence-corrected chi connectivity index (χ3v) is 8.90. The summed E-state index contributed by atoms with van der Waals surface area (Å²) in [5, 5.41) is 2.40. The lowest BCUT2D eigenvalue weighted by atomic mass is 9.62. The van der Waals surface area contributed by atoms with E-state index >= 15 is 0 Å². The van der Waals surface area contributed by atoms with Crippen LogP contribution in [0.15, 0.2) is 65.2 Å². The molecule has 0 aliphatic heterocycles. The van der Waals surface area contributed by atoms with E-state index in [0.29, 0.717) is 0 Å². The second kappa shape index (κ2) is 8.80. The molecule has 1 aliphatic rings. The number of nitrogens with zero attached hydrogens (tertiary/aromatic N) is 1. The quantitative estimate of drug-likeness (QED) is 0.212. The maximum Gasteiger partial charge on any atom is 0.216 e. The molecule has 2 aromatic heterocycles. The number of hydrogen-bond donors (Lipinski definition) is 0. The van der Waals surface area contributed by atoms with Gasteiger partial charge in [0.05, 0.1) is 5.56 Å². The zero-order valence-electron chi connectivity index (χ0n) is 26.0. The predicted octanol–water partition coefficient (Wildman–Crippen LogP) is 10.1.